The Morgan fingerprint density at radius 2 is 1.80 bits per heavy atom. The molecule has 0 spiro atoms. The van der Waals surface area contributed by atoms with E-state index in [0.717, 1.165) is 22.4 Å². The summed E-state index contributed by atoms with van der Waals surface area (Å²) < 4.78 is 0. The lowest BCUT2D eigenvalue weighted by molar-refractivity contribution is -0.121. The number of ketones is 1. The van der Waals surface area contributed by atoms with Crippen molar-refractivity contribution >= 4 is 11.5 Å². The fourth-order valence-corrected chi connectivity index (χ4v) is 2.23. The number of anilines is 1. The van der Waals surface area contributed by atoms with E-state index in [1.807, 2.05) is 44.2 Å². The number of nitrogens with two attached hydrogens (primary N) is 1. The molecule has 2 heteroatoms. The van der Waals surface area contributed by atoms with E-state index in [9.17, 15) is 4.79 Å². The Morgan fingerprint density at radius 1 is 1.10 bits per heavy atom. The average Bonchev–Trinajstić information content (AvgIpc) is 2.41. The first-order valence-electron chi connectivity index (χ1n) is 6.80. The van der Waals surface area contributed by atoms with Crippen LogP contribution in [0, 0.1) is 6.92 Å². The third-order valence-corrected chi connectivity index (χ3v) is 4.04. The summed E-state index contributed by atoms with van der Waals surface area (Å²) in [7, 11) is 0. The highest BCUT2D eigenvalue weighted by Gasteiger charge is 2.26. The predicted octanol–water partition coefficient (Wildman–Crippen LogP) is 4.11. The van der Waals surface area contributed by atoms with E-state index in [0.29, 0.717) is 0 Å². The zero-order valence-corrected chi connectivity index (χ0v) is 12.5. The number of rotatable bonds is 3. The molecule has 0 bridgehead atoms. The maximum Gasteiger partial charge on any atom is 0.139 e. The van der Waals surface area contributed by atoms with Gasteiger partial charge in [-0.1, -0.05) is 30.3 Å². The summed E-state index contributed by atoms with van der Waals surface area (Å²) in [5, 5.41) is 0. The van der Waals surface area contributed by atoms with Gasteiger partial charge in [-0.3, -0.25) is 4.79 Å². The van der Waals surface area contributed by atoms with Crippen LogP contribution in [0.5, 0.6) is 0 Å². The lowest BCUT2D eigenvalue weighted by atomic mass is 9.80. The highest BCUT2D eigenvalue weighted by atomic mass is 16.1. The molecule has 2 rings (SSSR count). The van der Waals surface area contributed by atoms with E-state index in [-0.39, 0.29) is 5.78 Å². The molecule has 20 heavy (non-hydrogen) atoms. The summed E-state index contributed by atoms with van der Waals surface area (Å²) >= 11 is 0. The van der Waals surface area contributed by atoms with Crippen LogP contribution in [0.3, 0.4) is 0 Å². The monoisotopic (exact) mass is 267 g/mol. The van der Waals surface area contributed by atoms with Crippen LogP contribution in [0.2, 0.25) is 0 Å². The lowest BCUT2D eigenvalue weighted by Crippen LogP contribution is -2.26. The summed E-state index contributed by atoms with van der Waals surface area (Å²) in [5.41, 5.74) is 10.6. The molecule has 0 unspecified atom stereocenters. The quantitative estimate of drug-likeness (QED) is 0.850. The Morgan fingerprint density at radius 3 is 2.45 bits per heavy atom. The summed E-state index contributed by atoms with van der Waals surface area (Å²) in [6.07, 6.45) is 0. The van der Waals surface area contributed by atoms with E-state index < -0.39 is 5.41 Å². The first-order chi connectivity index (χ1) is 9.32. The molecular formula is C18H21NO. The molecule has 0 atom stereocenters. The molecule has 2 nitrogen and oxygen atoms in total. The maximum atomic E-state index is 11.8. The molecule has 0 saturated heterocycles. The van der Waals surface area contributed by atoms with Gasteiger partial charge in [0.2, 0.25) is 0 Å². The molecular weight excluding hydrogens is 246 g/mol. The van der Waals surface area contributed by atoms with Crippen LogP contribution in [0.1, 0.15) is 31.9 Å². The van der Waals surface area contributed by atoms with Gasteiger partial charge in [-0.2, -0.15) is 0 Å². The molecule has 2 N–H and O–H groups in total. The van der Waals surface area contributed by atoms with Crippen LogP contribution >= 0.6 is 0 Å². The predicted molar refractivity (Wildman–Crippen MR) is 84.7 cm³/mol. The first-order valence-corrected chi connectivity index (χ1v) is 6.80. The van der Waals surface area contributed by atoms with Gasteiger partial charge < -0.3 is 5.73 Å². The Balaban J connectivity index is 2.55. The fourth-order valence-electron chi connectivity index (χ4n) is 2.23. The van der Waals surface area contributed by atoms with Crippen molar-refractivity contribution in [1.82, 2.24) is 0 Å². The highest BCUT2D eigenvalue weighted by molar-refractivity contribution is 5.87. The number of hydrogen-bond donors (Lipinski definition) is 1. The van der Waals surface area contributed by atoms with E-state index in [1.54, 1.807) is 6.92 Å². The van der Waals surface area contributed by atoms with Crippen molar-refractivity contribution in [3.05, 3.63) is 53.6 Å². The van der Waals surface area contributed by atoms with Crippen molar-refractivity contribution < 1.29 is 4.79 Å². The Hall–Kier alpha value is -2.09. The smallest absolute Gasteiger partial charge is 0.139 e. The van der Waals surface area contributed by atoms with E-state index in [2.05, 4.69) is 19.1 Å². The standard InChI is InChI=1S/C18H21NO/c1-12-8-9-16(19)11-17(12)14-6-5-7-15(10-14)18(3,4)13(2)20/h5-11H,19H2,1-4H3. The maximum absolute atomic E-state index is 11.8. The van der Waals surface area contributed by atoms with Crippen LogP contribution < -0.4 is 5.73 Å². The van der Waals surface area contributed by atoms with Gasteiger partial charge in [0.25, 0.3) is 0 Å². The number of carbonyl (C=O) groups excluding carboxylic acids is 1. The second-order valence-corrected chi connectivity index (χ2v) is 5.84. The number of hydrogen-bond acceptors (Lipinski definition) is 2. The minimum atomic E-state index is -0.468. The van der Waals surface area contributed by atoms with Gasteiger partial charge in [0.15, 0.2) is 0 Å². The first kappa shape index (κ1) is 14.3. The SMILES string of the molecule is CC(=O)C(C)(C)c1cccc(-c2cc(N)ccc2C)c1. The highest BCUT2D eigenvalue weighted by Crippen LogP contribution is 2.31. The molecule has 2 aromatic carbocycles. The second kappa shape index (κ2) is 5.12. The van der Waals surface area contributed by atoms with Crippen LogP contribution in [-0.4, -0.2) is 5.78 Å². The summed E-state index contributed by atoms with van der Waals surface area (Å²) in [6, 6.07) is 14.1. The van der Waals surface area contributed by atoms with Crippen molar-refractivity contribution in [2.45, 2.75) is 33.1 Å². The third kappa shape index (κ3) is 2.60. The zero-order chi connectivity index (χ0) is 14.9. The van der Waals surface area contributed by atoms with Gasteiger partial charge in [0, 0.05) is 11.1 Å². The number of Topliss-reactive ketones (excluding diaryl/α,β-unsaturated/α-hetero) is 1. The van der Waals surface area contributed by atoms with Crippen molar-refractivity contribution in [1.29, 1.82) is 0 Å². The van der Waals surface area contributed by atoms with Gasteiger partial charge in [0.05, 0.1) is 0 Å². The summed E-state index contributed by atoms with van der Waals surface area (Å²) in [4.78, 5) is 11.8. The van der Waals surface area contributed by atoms with Crippen LogP contribution in [0.15, 0.2) is 42.5 Å². The molecule has 2 aromatic rings. The fraction of sp³-hybridized carbons (Fsp3) is 0.278. The number of nitrogen functional groups attached to an aromatic ring is 1. The Kier molecular flexibility index (Phi) is 3.67. The molecule has 0 aromatic heterocycles. The molecule has 0 aliphatic heterocycles. The summed E-state index contributed by atoms with van der Waals surface area (Å²) in [5.74, 6) is 0.166. The topological polar surface area (TPSA) is 43.1 Å². The lowest BCUT2D eigenvalue weighted by Gasteiger charge is -2.22. The van der Waals surface area contributed by atoms with Crippen molar-refractivity contribution in [3.8, 4) is 11.1 Å². The Bertz CT molecular complexity index is 656. The van der Waals surface area contributed by atoms with Crippen molar-refractivity contribution in [2.24, 2.45) is 0 Å². The van der Waals surface area contributed by atoms with Crippen molar-refractivity contribution in [3.63, 3.8) is 0 Å². The van der Waals surface area contributed by atoms with Gasteiger partial charge in [-0.15, -0.1) is 0 Å². The van der Waals surface area contributed by atoms with E-state index in [4.69, 9.17) is 5.73 Å². The van der Waals surface area contributed by atoms with Crippen molar-refractivity contribution in [2.75, 3.05) is 5.73 Å². The van der Waals surface area contributed by atoms with Crippen LogP contribution in [0.25, 0.3) is 11.1 Å². The average molecular weight is 267 g/mol. The summed E-state index contributed by atoms with van der Waals surface area (Å²) in [6.45, 7) is 7.62. The number of benzene rings is 2. The minimum Gasteiger partial charge on any atom is -0.399 e. The normalized spacial score (nSPS) is 11.4. The Labute approximate surface area is 120 Å². The number of carbonyl (C=O) groups is 1. The van der Waals surface area contributed by atoms with Crippen LogP contribution in [-0.2, 0) is 10.2 Å². The van der Waals surface area contributed by atoms with Gasteiger partial charge in [-0.05, 0) is 62.1 Å². The second-order valence-electron chi connectivity index (χ2n) is 5.84. The molecule has 0 fully saturated rings. The molecule has 0 amide bonds. The van der Waals surface area contributed by atoms with E-state index >= 15 is 0 Å². The molecule has 0 aliphatic carbocycles. The van der Waals surface area contributed by atoms with Gasteiger partial charge in [0.1, 0.15) is 5.78 Å². The molecule has 0 aliphatic rings. The molecule has 0 saturated carbocycles. The molecule has 0 radical (unpaired) electrons. The number of aryl methyl sites for hydroxylation is 1. The minimum absolute atomic E-state index is 0.166. The largest absolute Gasteiger partial charge is 0.399 e. The molecule has 104 valence electrons. The van der Waals surface area contributed by atoms with Gasteiger partial charge >= 0.3 is 0 Å². The van der Waals surface area contributed by atoms with Gasteiger partial charge in [-0.25, -0.2) is 0 Å². The zero-order valence-electron chi connectivity index (χ0n) is 12.5. The third-order valence-electron chi connectivity index (χ3n) is 4.04. The van der Waals surface area contributed by atoms with E-state index in [1.165, 1.54) is 5.56 Å². The van der Waals surface area contributed by atoms with Crippen LogP contribution in [0.4, 0.5) is 5.69 Å². The molecule has 0 heterocycles.